The number of amides is 1. The molecule has 0 aliphatic rings. The molecule has 0 aromatic heterocycles. The average Bonchev–Trinajstić information content (AvgIpc) is 2.37. The van der Waals surface area contributed by atoms with Gasteiger partial charge in [0.15, 0.2) is 0 Å². The molecule has 0 bridgehead atoms. The Morgan fingerprint density at radius 3 is 2.47 bits per heavy atom. The van der Waals surface area contributed by atoms with Crippen LogP contribution in [0.1, 0.15) is 45.4 Å². The first-order valence-corrected chi connectivity index (χ1v) is 6.87. The minimum absolute atomic E-state index is 0.0546. The quantitative estimate of drug-likeness (QED) is 0.339. The lowest BCUT2D eigenvalue weighted by atomic mass is 10.1. The highest BCUT2D eigenvalue weighted by Crippen LogP contribution is 2.01. The van der Waals surface area contributed by atoms with Gasteiger partial charge in [-0.1, -0.05) is 19.4 Å². The first-order valence-electron chi connectivity index (χ1n) is 6.87. The molecule has 19 heavy (non-hydrogen) atoms. The number of hydrogen-bond donors (Lipinski definition) is 2. The second kappa shape index (κ2) is 11.7. The number of rotatable bonds is 11. The third-order valence-electron chi connectivity index (χ3n) is 2.58. The summed E-state index contributed by atoms with van der Waals surface area (Å²) in [5.74, 6) is -0.329. The molecule has 0 fully saturated rings. The Bertz CT molecular complexity index is 290. The molecule has 0 aromatic carbocycles. The molecule has 0 aliphatic heterocycles. The zero-order valence-electron chi connectivity index (χ0n) is 11.9. The lowest BCUT2D eigenvalue weighted by molar-refractivity contribution is -0.138. The normalized spacial score (nSPS) is 10.0. The zero-order chi connectivity index (χ0) is 14.5. The van der Waals surface area contributed by atoms with Gasteiger partial charge >= 0.3 is 5.97 Å². The summed E-state index contributed by atoms with van der Waals surface area (Å²) in [6.07, 6.45) is 5.22. The Morgan fingerprint density at radius 1 is 1.16 bits per heavy atom. The van der Waals surface area contributed by atoms with Gasteiger partial charge in [-0.05, 0) is 32.7 Å². The molecule has 5 heteroatoms. The zero-order valence-corrected chi connectivity index (χ0v) is 11.9. The van der Waals surface area contributed by atoms with E-state index in [2.05, 4.69) is 11.9 Å². The van der Waals surface area contributed by atoms with Crippen LogP contribution in [0.2, 0.25) is 0 Å². The van der Waals surface area contributed by atoms with E-state index < -0.39 is 0 Å². The minimum atomic E-state index is -0.383. The summed E-state index contributed by atoms with van der Waals surface area (Å²) in [5, 5.41) is 2.80. The summed E-state index contributed by atoms with van der Waals surface area (Å²) in [7, 11) is 0. The largest absolute Gasteiger partial charge is 0.462 e. The molecule has 3 N–H and O–H groups in total. The van der Waals surface area contributed by atoms with Crippen molar-refractivity contribution in [2.75, 3.05) is 19.7 Å². The SMILES string of the molecule is C=C(C)C(=O)OCCCNC(=O)CCCCCCN. The van der Waals surface area contributed by atoms with Crippen molar-refractivity contribution in [1.82, 2.24) is 5.32 Å². The predicted octanol–water partition coefficient (Wildman–Crippen LogP) is 1.52. The van der Waals surface area contributed by atoms with Crippen LogP contribution in [0.15, 0.2) is 12.2 Å². The number of nitrogens with one attached hydrogen (secondary N) is 1. The van der Waals surface area contributed by atoms with Crippen LogP contribution < -0.4 is 11.1 Å². The van der Waals surface area contributed by atoms with Crippen LogP contribution in [0, 0.1) is 0 Å². The Morgan fingerprint density at radius 2 is 1.84 bits per heavy atom. The maximum Gasteiger partial charge on any atom is 0.333 e. The van der Waals surface area contributed by atoms with Crippen molar-refractivity contribution in [3.63, 3.8) is 0 Å². The van der Waals surface area contributed by atoms with Crippen molar-refractivity contribution in [2.45, 2.75) is 45.4 Å². The van der Waals surface area contributed by atoms with Crippen molar-refractivity contribution in [3.8, 4) is 0 Å². The third kappa shape index (κ3) is 11.5. The third-order valence-corrected chi connectivity index (χ3v) is 2.58. The van der Waals surface area contributed by atoms with Gasteiger partial charge in [0.2, 0.25) is 5.91 Å². The Hall–Kier alpha value is -1.36. The van der Waals surface area contributed by atoms with Gasteiger partial charge in [0.25, 0.3) is 0 Å². The fourth-order valence-corrected chi connectivity index (χ4v) is 1.46. The topological polar surface area (TPSA) is 81.4 Å². The molecule has 110 valence electrons. The van der Waals surface area contributed by atoms with E-state index in [-0.39, 0.29) is 11.9 Å². The fourth-order valence-electron chi connectivity index (χ4n) is 1.46. The maximum absolute atomic E-state index is 11.4. The molecule has 0 heterocycles. The van der Waals surface area contributed by atoms with Gasteiger partial charge in [-0.2, -0.15) is 0 Å². The standard InChI is InChI=1S/C14H26N2O3/c1-12(2)14(18)19-11-7-10-16-13(17)8-5-3-4-6-9-15/h1,3-11,15H2,2H3,(H,16,17). The molecule has 0 aliphatic carbocycles. The smallest absolute Gasteiger partial charge is 0.333 e. The molecule has 0 unspecified atom stereocenters. The van der Waals surface area contributed by atoms with Gasteiger partial charge in [-0.25, -0.2) is 4.79 Å². The molecule has 0 saturated carbocycles. The molecule has 0 radical (unpaired) electrons. The van der Waals surface area contributed by atoms with Crippen molar-refractivity contribution < 1.29 is 14.3 Å². The number of unbranched alkanes of at least 4 members (excludes halogenated alkanes) is 3. The van der Waals surface area contributed by atoms with Crippen LogP contribution in [0.3, 0.4) is 0 Å². The maximum atomic E-state index is 11.4. The highest BCUT2D eigenvalue weighted by atomic mass is 16.5. The summed E-state index contributed by atoms with van der Waals surface area (Å²) in [5.41, 5.74) is 5.77. The molecule has 0 spiro atoms. The monoisotopic (exact) mass is 270 g/mol. The van der Waals surface area contributed by atoms with Gasteiger partial charge in [0.1, 0.15) is 0 Å². The molecular weight excluding hydrogens is 244 g/mol. The van der Waals surface area contributed by atoms with Gasteiger partial charge in [0, 0.05) is 18.5 Å². The summed E-state index contributed by atoms with van der Waals surface area (Å²) in [6, 6.07) is 0. The van der Waals surface area contributed by atoms with Crippen LogP contribution in [-0.2, 0) is 14.3 Å². The van der Waals surface area contributed by atoms with E-state index >= 15 is 0 Å². The van der Waals surface area contributed by atoms with E-state index in [1.807, 2.05) is 0 Å². The van der Waals surface area contributed by atoms with Crippen molar-refractivity contribution in [3.05, 3.63) is 12.2 Å². The number of carbonyl (C=O) groups excluding carboxylic acids is 2. The van der Waals surface area contributed by atoms with E-state index in [9.17, 15) is 9.59 Å². The molecule has 1 amide bonds. The van der Waals surface area contributed by atoms with Gasteiger partial charge in [0.05, 0.1) is 6.61 Å². The van der Waals surface area contributed by atoms with Crippen molar-refractivity contribution >= 4 is 11.9 Å². The van der Waals surface area contributed by atoms with Gasteiger partial charge < -0.3 is 15.8 Å². The van der Waals surface area contributed by atoms with Crippen LogP contribution in [-0.4, -0.2) is 31.6 Å². The molecular formula is C14H26N2O3. The van der Waals surface area contributed by atoms with E-state index in [1.54, 1.807) is 6.92 Å². The van der Waals surface area contributed by atoms with E-state index in [1.165, 1.54) is 0 Å². The highest BCUT2D eigenvalue weighted by Gasteiger charge is 2.03. The van der Waals surface area contributed by atoms with Crippen LogP contribution in [0.4, 0.5) is 0 Å². The molecule has 5 nitrogen and oxygen atoms in total. The molecule has 0 saturated heterocycles. The molecule has 0 rings (SSSR count). The second-order valence-corrected chi connectivity index (χ2v) is 4.57. The number of carbonyl (C=O) groups is 2. The van der Waals surface area contributed by atoms with Crippen LogP contribution in [0.5, 0.6) is 0 Å². The summed E-state index contributed by atoms with van der Waals surface area (Å²) in [6.45, 7) is 6.65. The first kappa shape index (κ1) is 17.6. The lowest BCUT2D eigenvalue weighted by Crippen LogP contribution is -2.25. The number of ether oxygens (including phenoxy) is 1. The van der Waals surface area contributed by atoms with E-state index in [4.69, 9.17) is 10.5 Å². The van der Waals surface area contributed by atoms with Crippen molar-refractivity contribution in [1.29, 1.82) is 0 Å². The van der Waals surface area contributed by atoms with Crippen LogP contribution in [0.25, 0.3) is 0 Å². The van der Waals surface area contributed by atoms with Gasteiger partial charge in [-0.3, -0.25) is 4.79 Å². The summed E-state index contributed by atoms with van der Waals surface area (Å²) < 4.78 is 4.91. The fraction of sp³-hybridized carbons (Fsp3) is 0.714. The number of esters is 1. The second-order valence-electron chi connectivity index (χ2n) is 4.57. The minimum Gasteiger partial charge on any atom is -0.462 e. The predicted molar refractivity (Wildman–Crippen MR) is 75.5 cm³/mol. The Balaban J connectivity index is 3.34. The van der Waals surface area contributed by atoms with Crippen molar-refractivity contribution in [2.24, 2.45) is 5.73 Å². The average molecular weight is 270 g/mol. The lowest BCUT2D eigenvalue weighted by Gasteiger charge is -2.06. The Kier molecular flexibility index (Phi) is 10.9. The van der Waals surface area contributed by atoms with Gasteiger partial charge in [-0.15, -0.1) is 0 Å². The Labute approximate surface area is 115 Å². The molecule has 0 atom stereocenters. The first-order chi connectivity index (χ1) is 9.07. The number of nitrogens with two attached hydrogens (primary N) is 1. The highest BCUT2D eigenvalue weighted by molar-refractivity contribution is 5.86. The van der Waals surface area contributed by atoms with E-state index in [0.29, 0.717) is 31.6 Å². The summed E-state index contributed by atoms with van der Waals surface area (Å²) in [4.78, 5) is 22.5. The summed E-state index contributed by atoms with van der Waals surface area (Å²) >= 11 is 0. The van der Waals surface area contributed by atoms with E-state index in [0.717, 1.165) is 32.2 Å². The number of hydrogen-bond acceptors (Lipinski definition) is 4. The molecule has 0 aromatic rings. The van der Waals surface area contributed by atoms with Crippen LogP contribution >= 0.6 is 0 Å².